The van der Waals surface area contributed by atoms with Crippen LogP contribution in [0.1, 0.15) is 5.56 Å². The summed E-state index contributed by atoms with van der Waals surface area (Å²) < 4.78 is 27.2. The first-order valence-electron chi connectivity index (χ1n) is 5.63. The van der Waals surface area contributed by atoms with Crippen molar-refractivity contribution >= 4 is 50.2 Å². The van der Waals surface area contributed by atoms with E-state index in [0.29, 0.717) is 6.54 Å². The van der Waals surface area contributed by atoms with Crippen LogP contribution in [0.4, 0.5) is 5.69 Å². The molecule has 1 aromatic carbocycles. The Kier molecular flexibility index (Phi) is 4.93. The number of benzene rings is 1. The minimum Gasteiger partial charge on any atom is -0.316 e. The lowest BCUT2D eigenvalue weighted by Gasteiger charge is -2.09. The van der Waals surface area contributed by atoms with Gasteiger partial charge in [0.15, 0.2) is 0 Å². The van der Waals surface area contributed by atoms with Gasteiger partial charge < -0.3 is 5.32 Å². The molecule has 20 heavy (non-hydrogen) atoms. The molecule has 0 aliphatic rings. The monoisotopic (exact) mass is 350 g/mol. The van der Waals surface area contributed by atoms with E-state index in [1.54, 1.807) is 36.7 Å². The van der Waals surface area contributed by atoms with Gasteiger partial charge in [-0.3, -0.25) is 4.72 Å². The number of rotatable bonds is 5. The lowest BCUT2D eigenvalue weighted by Crippen LogP contribution is -2.12. The molecule has 0 radical (unpaired) electrons. The smallest absolute Gasteiger partial charge is 0.271 e. The highest BCUT2D eigenvalue weighted by molar-refractivity contribution is 7.94. The Morgan fingerprint density at radius 1 is 1.25 bits per heavy atom. The summed E-state index contributed by atoms with van der Waals surface area (Å²) in [6.45, 7) is 0.610. The zero-order valence-corrected chi connectivity index (χ0v) is 13.6. The fourth-order valence-corrected chi connectivity index (χ4v) is 4.49. The van der Waals surface area contributed by atoms with Crippen molar-refractivity contribution in [3.63, 3.8) is 0 Å². The van der Waals surface area contributed by atoms with Crippen molar-refractivity contribution in [1.29, 1.82) is 0 Å². The summed E-state index contributed by atoms with van der Waals surface area (Å²) >= 11 is 13.1. The number of anilines is 1. The number of para-hydroxylation sites is 1. The second-order valence-electron chi connectivity index (χ2n) is 4.01. The summed E-state index contributed by atoms with van der Waals surface area (Å²) in [7, 11) is -1.88. The molecular formula is C12H12Cl2N2O2S2. The molecule has 2 rings (SSSR count). The van der Waals surface area contributed by atoms with Crippen molar-refractivity contribution < 1.29 is 8.42 Å². The Balaban J connectivity index is 2.31. The SMILES string of the molecule is CNCc1csc(S(=O)(=O)Nc2c(Cl)cccc2Cl)c1. The molecule has 108 valence electrons. The first-order valence-corrected chi connectivity index (χ1v) is 8.75. The van der Waals surface area contributed by atoms with Gasteiger partial charge in [-0.25, -0.2) is 8.42 Å². The second-order valence-corrected chi connectivity index (χ2v) is 7.64. The largest absolute Gasteiger partial charge is 0.316 e. The molecule has 0 saturated heterocycles. The number of hydrogen-bond acceptors (Lipinski definition) is 4. The minimum atomic E-state index is -3.68. The topological polar surface area (TPSA) is 58.2 Å². The fraction of sp³-hybridized carbons (Fsp3) is 0.167. The van der Waals surface area contributed by atoms with Crippen molar-refractivity contribution in [2.24, 2.45) is 0 Å². The van der Waals surface area contributed by atoms with Gasteiger partial charge in [-0.15, -0.1) is 11.3 Å². The molecule has 0 atom stereocenters. The average molecular weight is 351 g/mol. The van der Waals surface area contributed by atoms with E-state index < -0.39 is 10.0 Å². The Morgan fingerprint density at radius 3 is 2.50 bits per heavy atom. The van der Waals surface area contributed by atoms with Crippen LogP contribution in [-0.2, 0) is 16.6 Å². The molecule has 0 amide bonds. The van der Waals surface area contributed by atoms with E-state index in [9.17, 15) is 8.42 Å². The van der Waals surface area contributed by atoms with E-state index in [0.717, 1.165) is 16.9 Å². The van der Waals surface area contributed by atoms with E-state index in [-0.39, 0.29) is 19.9 Å². The van der Waals surface area contributed by atoms with Gasteiger partial charge in [-0.2, -0.15) is 0 Å². The van der Waals surface area contributed by atoms with E-state index in [2.05, 4.69) is 10.0 Å². The van der Waals surface area contributed by atoms with Gasteiger partial charge in [0.2, 0.25) is 0 Å². The van der Waals surface area contributed by atoms with Crippen LogP contribution >= 0.6 is 34.5 Å². The third kappa shape index (κ3) is 3.45. The van der Waals surface area contributed by atoms with Crippen molar-refractivity contribution in [3.8, 4) is 0 Å². The van der Waals surface area contributed by atoms with E-state index in [1.165, 1.54) is 0 Å². The lowest BCUT2D eigenvalue weighted by molar-refractivity contribution is 0.603. The molecule has 0 unspecified atom stereocenters. The summed E-state index contributed by atoms with van der Waals surface area (Å²) in [5, 5.41) is 5.27. The molecule has 4 nitrogen and oxygen atoms in total. The zero-order valence-electron chi connectivity index (χ0n) is 10.5. The molecule has 0 aliphatic heterocycles. The maximum absolute atomic E-state index is 12.3. The van der Waals surface area contributed by atoms with Gasteiger partial charge in [0.05, 0.1) is 15.7 Å². The summed E-state index contributed by atoms with van der Waals surface area (Å²) in [6.07, 6.45) is 0. The molecule has 2 N–H and O–H groups in total. The standard InChI is InChI=1S/C12H12Cl2N2O2S2/c1-15-6-8-5-11(19-7-8)20(17,18)16-12-9(13)3-2-4-10(12)14/h2-5,7,15-16H,6H2,1H3. The molecule has 0 fully saturated rings. The molecule has 0 spiro atoms. The fourth-order valence-electron chi connectivity index (χ4n) is 1.57. The van der Waals surface area contributed by atoms with Gasteiger partial charge in [-0.1, -0.05) is 29.3 Å². The highest BCUT2D eigenvalue weighted by Crippen LogP contribution is 2.32. The molecule has 1 aromatic heterocycles. The van der Waals surface area contributed by atoms with Crippen LogP contribution in [0.5, 0.6) is 0 Å². The van der Waals surface area contributed by atoms with E-state index in [4.69, 9.17) is 23.2 Å². The van der Waals surface area contributed by atoms with Crippen LogP contribution in [0.15, 0.2) is 33.9 Å². The Morgan fingerprint density at radius 2 is 1.90 bits per heavy atom. The minimum absolute atomic E-state index is 0.194. The highest BCUT2D eigenvalue weighted by atomic mass is 35.5. The van der Waals surface area contributed by atoms with Crippen LogP contribution in [0.3, 0.4) is 0 Å². The van der Waals surface area contributed by atoms with Crippen molar-refractivity contribution in [3.05, 3.63) is 45.3 Å². The lowest BCUT2D eigenvalue weighted by atomic mass is 10.3. The van der Waals surface area contributed by atoms with Gasteiger partial charge in [0.25, 0.3) is 10.0 Å². The van der Waals surface area contributed by atoms with Gasteiger partial charge in [0.1, 0.15) is 4.21 Å². The van der Waals surface area contributed by atoms with Crippen LogP contribution < -0.4 is 10.0 Å². The van der Waals surface area contributed by atoms with Crippen LogP contribution in [0.2, 0.25) is 10.0 Å². The first kappa shape index (κ1) is 15.6. The van der Waals surface area contributed by atoms with Crippen molar-refractivity contribution in [1.82, 2.24) is 5.32 Å². The molecule has 8 heteroatoms. The van der Waals surface area contributed by atoms with E-state index >= 15 is 0 Å². The Labute approximate surface area is 131 Å². The first-order chi connectivity index (χ1) is 9.44. The number of halogens is 2. The number of thiophene rings is 1. The third-order valence-electron chi connectivity index (χ3n) is 2.47. The van der Waals surface area contributed by atoms with Crippen LogP contribution in [-0.4, -0.2) is 15.5 Å². The summed E-state index contributed by atoms with van der Waals surface area (Å²) in [5.41, 5.74) is 1.10. The summed E-state index contributed by atoms with van der Waals surface area (Å²) in [6, 6.07) is 6.42. The number of hydrogen-bond donors (Lipinski definition) is 2. The Bertz CT molecular complexity index is 694. The third-order valence-corrected chi connectivity index (χ3v) is 5.94. The quantitative estimate of drug-likeness (QED) is 0.866. The molecular weight excluding hydrogens is 339 g/mol. The number of nitrogens with one attached hydrogen (secondary N) is 2. The summed E-state index contributed by atoms with van der Waals surface area (Å²) in [4.78, 5) is 0. The second kappa shape index (κ2) is 6.32. The highest BCUT2D eigenvalue weighted by Gasteiger charge is 2.19. The van der Waals surface area contributed by atoms with Crippen LogP contribution in [0.25, 0.3) is 0 Å². The summed E-state index contributed by atoms with van der Waals surface area (Å²) in [5.74, 6) is 0. The van der Waals surface area contributed by atoms with Gasteiger partial charge in [0, 0.05) is 6.54 Å². The average Bonchev–Trinajstić information content (AvgIpc) is 2.84. The van der Waals surface area contributed by atoms with Gasteiger partial charge in [-0.05, 0) is 36.2 Å². The van der Waals surface area contributed by atoms with Crippen LogP contribution in [0, 0.1) is 0 Å². The number of sulfonamides is 1. The maximum Gasteiger partial charge on any atom is 0.271 e. The molecule has 0 saturated carbocycles. The Hall–Kier alpha value is -0.790. The predicted octanol–water partition coefficient (Wildman–Crippen LogP) is 3.58. The van der Waals surface area contributed by atoms with Gasteiger partial charge >= 0.3 is 0 Å². The zero-order chi connectivity index (χ0) is 14.8. The normalized spacial score (nSPS) is 11.6. The van der Waals surface area contributed by atoms with E-state index in [1.807, 2.05) is 0 Å². The molecule has 0 aliphatic carbocycles. The predicted molar refractivity (Wildman–Crippen MR) is 84.4 cm³/mol. The maximum atomic E-state index is 12.3. The molecule has 0 bridgehead atoms. The van der Waals surface area contributed by atoms with Crippen molar-refractivity contribution in [2.75, 3.05) is 11.8 Å². The van der Waals surface area contributed by atoms with Crippen molar-refractivity contribution in [2.45, 2.75) is 10.8 Å². The molecule has 2 aromatic rings. The molecule has 1 heterocycles.